The van der Waals surface area contributed by atoms with Crippen molar-refractivity contribution in [2.75, 3.05) is 5.32 Å². The molecule has 0 spiro atoms. The molecule has 0 saturated heterocycles. The van der Waals surface area contributed by atoms with Crippen molar-refractivity contribution < 1.29 is 0 Å². The molecule has 1 heterocycles. The van der Waals surface area contributed by atoms with E-state index in [1.54, 1.807) is 10.9 Å². The molecule has 0 atom stereocenters. The maximum Gasteiger partial charge on any atom is 0.193 e. The van der Waals surface area contributed by atoms with Gasteiger partial charge in [0.05, 0.1) is 12.7 Å². The van der Waals surface area contributed by atoms with Gasteiger partial charge in [-0.3, -0.25) is 4.68 Å². The predicted molar refractivity (Wildman–Crippen MR) is 73.3 cm³/mol. The van der Waals surface area contributed by atoms with Gasteiger partial charge in [-0.25, -0.2) is 4.99 Å². The van der Waals surface area contributed by atoms with Crippen LogP contribution >= 0.6 is 0 Å². The normalized spacial score (nSPS) is 11.6. The highest BCUT2D eigenvalue weighted by atomic mass is 15.2. The molecular formula is C13H17N5. The van der Waals surface area contributed by atoms with E-state index in [4.69, 9.17) is 5.73 Å². The molecule has 2 rings (SSSR count). The van der Waals surface area contributed by atoms with Crippen molar-refractivity contribution in [1.29, 1.82) is 0 Å². The molecule has 0 radical (unpaired) electrons. The van der Waals surface area contributed by atoms with Crippen molar-refractivity contribution in [2.24, 2.45) is 17.8 Å². The van der Waals surface area contributed by atoms with Gasteiger partial charge in [-0.2, -0.15) is 5.10 Å². The van der Waals surface area contributed by atoms with Crippen LogP contribution in [0.25, 0.3) is 0 Å². The monoisotopic (exact) mass is 243 g/mol. The molecule has 5 heteroatoms. The van der Waals surface area contributed by atoms with Crippen LogP contribution in [0.15, 0.2) is 41.7 Å². The van der Waals surface area contributed by atoms with Gasteiger partial charge in [0.2, 0.25) is 0 Å². The van der Waals surface area contributed by atoms with Crippen LogP contribution in [-0.2, 0) is 13.6 Å². The molecule has 0 aliphatic rings. The Morgan fingerprint density at radius 1 is 1.39 bits per heavy atom. The SMILES string of the molecule is Cc1ccc(NC(N)=NCc2cnn(C)c2)cc1. The van der Waals surface area contributed by atoms with E-state index in [1.807, 2.05) is 44.4 Å². The van der Waals surface area contributed by atoms with Crippen molar-refractivity contribution in [2.45, 2.75) is 13.5 Å². The van der Waals surface area contributed by atoms with Crippen molar-refractivity contribution in [3.05, 3.63) is 47.8 Å². The average Bonchev–Trinajstić information content (AvgIpc) is 2.76. The highest BCUT2D eigenvalue weighted by Gasteiger charge is 1.97. The fourth-order valence-corrected chi connectivity index (χ4v) is 1.55. The molecule has 0 fully saturated rings. The van der Waals surface area contributed by atoms with Gasteiger partial charge in [0.25, 0.3) is 0 Å². The lowest BCUT2D eigenvalue weighted by Crippen LogP contribution is -2.22. The van der Waals surface area contributed by atoms with E-state index in [0.29, 0.717) is 12.5 Å². The summed E-state index contributed by atoms with van der Waals surface area (Å²) in [5.41, 5.74) is 9.00. The maximum atomic E-state index is 5.81. The third-order valence-electron chi connectivity index (χ3n) is 2.51. The van der Waals surface area contributed by atoms with Gasteiger partial charge >= 0.3 is 0 Å². The van der Waals surface area contributed by atoms with Gasteiger partial charge in [0.1, 0.15) is 0 Å². The van der Waals surface area contributed by atoms with Crippen LogP contribution in [0.2, 0.25) is 0 Å². The standard InChI is InChI=1S/C13H17N5/c1-10-3-5-12(6-4-10)17-13(14)15-7-11-8-16-18(2)9-11/h3-6,8-9H,7H2,1-2H3,(H3,14,15,17). The van der Waals surface area contributed by atoms with Crippen LogP contribution in [0.1, 0.15) is 11.1 Å². The third-order valence-corrected chi connectivity index (χ3v) is 2.51. The fourth-order valence-electron chi connectivity index (χ4n) is 1.55. The molecule has 0 saturated carbocycles. The lowest BCUT2D eigenvalue weighted by atomic mass is 10.2. The minimum absolute atomic E-state index is 0.405. The second kappa shape index (κ2) is 5.35. The zero-order valence-corrected chi connectivity index (χ0v) is 10.6. The summed E-state index contributed by atoms with van der Waals surface area (Å²) in [5.74, 6) is 0.405. The Kier molecular flexibility index (Phi) is 3.62. The van der Waals surface area contributed by atoms with E-state index < -0.39 is 0 Å². The Morgan fingerprint density at radius 2 is 2.11 bits per heavy atom. The van der Waals surface area contributed by atoms with Crippen LogP contribution in [0.3, 0.4) is 0 Å². The number of nitrogens with one attached hydrogen (secondary N) is 1. The highest BCUT2D eigenvalue weighted by Crippen LogP contribution is 2.08. The number of rotatable bonds is 3. The molecule has 0 amide bonds. The lowest BCUT2D eigenvalue weighted by molar-refractivity contribution is 0.767. The van der Waals surface area contributed by atoms with E-state index >= 15 is 0 Å². The van der Waals surface area contributed by atoms with Crippen LogP contribution in [0.4, 0.5) is 5.69 Å². The van der Waals surface area contributed by atoms with E-state index in [-0.39, 0.29) is 0 Å². The smallest absolute Gasteiger partial charge is 0.193 e. The Morgan fingerprint density at radius 3 is 2.72 bits per heavy atom. The molecule has 1 aromatic carbocycles. The van der Waals surface area contributed by atoms with Gasteiger partial charge in [0, 0.05) is 24.5 Å². The first-order valence-electron chi connectivity index (χ1n) is 5.74. The number of guanidine groups is 1. The van der Waals surface area contributed by atoms with Crippen LogP contribution in [0.5, 0.6) is 0 Å². The van der Waals surface area contributed by atoms with Crippen molar-refractivity contribution in [3.63, 3.8) is 0 Å². The number of aliphatic imine (C=N–C) groups is 1. The van der Waals surface area contributed by atoms with Crippen molar-refractivity contribution in [3.8, 4) is 0 Å². The first-order chi connectivity index (χ1) is 8.63. The summed E-state index contributed by atoms with van der Waals surface area (Å²) >= 11 is 0. The van der Waals surface area contributed by atoms with E-state index in [1.165, 1.54) is 5.56 Å². The van der Waals surface area contributed by atoms with Gasteiger partial charge in [-0.05, 0) is 19.1 Å². The summed E-state index contributed by atoms with van der Waals surface area (Å²) in [7, 11) is 1.88. The minimum atomic E-state index is 0.405. The molecule has 1 aromatic heterocycles. The Balaban J connectivity index is 1.95. The average molecular weight is 243 g/mol. The second-order valence-corrected chi connectivity index (χ2v) is 4.21. The third kappa shape index (κ3) is 3.35. The molecule has 0 aliphatic heterocycles. The quantitative estimate of drug-likeness (QED) is 0.636. The number of nitrogens with zero attached hydrogens (tertiary/aromatic N) is 3. The van der Waals surface area contributed by atoms with Gasteiger partial charge in [-0.1, -0.05) is 17.7 Å². The lowest BCUT2D eigenvalue weighted by Gasteiger charge is -2.05. The maximum absolute atomic E-state index is 5.81. The molecule has 3 N–H and O–H groups in total. The summed E-state index contributed by atoms with van der Waals surface area (Å²) in [6, 6.07) is 8.00. The van der Waals surface area contributed by atoms with Crippen molar-refractivity contribution in [1.82, 2.24) is 9.78 Å². The first-order valence-corrected chi connectivity index (χ1v) is 5.74. The van der Waals surface area contributed by atoms with Crippen molar-refractivity contribution >= 4 is 11.6 Å². The Labute approximate surface area is 106 Å². The topological polar surface area (TPSA) is 68.2 Å². The number of hydrogen-bond acceptors (Lipinski definition) is 2. The summed E-state index contributed by atoms with van der Waals surface area (Å²) in [6.07, 6.45) is 3.70. The molecule has 2 aromatic rings. The van der Waals surface area contributed by atoms with E-state index in [2.05, 4.69) is 15.4 Å². The van der Waals surface area contributed by atoms with E-state index in [0.717, 1.165) is 11.3 Å². The molecule has 0 aliphatic carbocycles. The summed E-state index contributed by atoms with van der Waals surface area (Å²) < 4.78 is 1.74. The van der Waals surface area contributed by atoms with Gasteiger partial charge in [-0.15, -0.1) is 0 Å². The fraction of sp³-hybridized carbons (Fsp3) is 0.231. The zero-order valence-electron chi connectivity index (χ0n) is 10.6. The highest BCUT2D eigenvalue weighted by molar-refractivity contribution is 5.92. The Hall–Kier alpha value is -2.30. The molecule has 18 heavy (non-hydrogen) atoms. The van der Waals surface area contributed by atoms with Crippen LogP contribution < -0.4 is 11.1 Å². The second-order valence-electron chi connectivity index (χ2n) is 4.21. The first kappa shape index (κ1) is 12.2. The number of nitrogens with two attached hydrogens (primary N) is 1. The number of benzene rings is 1. The molecule has 0 bridgehead atoms. The van der Waals surface area contributed by atoms with Gasteiger partial charge in [0.15, 0.2) is 5.96 Å². The van der Waals surface area contributed by atoms with E-state index in [9.17, 15) is 0 Å². The van der Waals surface area contributed by atoms with Crippen LogP contribution in [0, 0.1) is 6.92 Å². The summed E-state index contributed by atoms with van der Waals surface area (Å²) in [4.78, 5) is 4.26. The summed E-state index contributed by atoms with van der Waals surface area (Å²) in [5, 5.41) is 7.12. The number of aryl methyl sites for hydroxylation is 2. The summed E-state index contributed by atoms with van der Waals surface area (Å²) in [6.45, 7) is 2.57. The molecule has 94 valence electrons. The van der Waals surface area contributed by atoms with Gasteiger partial charge < -0.3 is 11.1 Å². The molecule has 0 unspecified atom stereocenters. The minimum Gasteiger partial charge on any atom is -0.370 e. The molecule has 5 nitrogen and oxygen atoms in total. The number of anilines is 1. The predicted octanol–water partition coefficient (Wildman–Crippen LogP) is 1.66. The van der Waals surface area contributed by atoms with Crippen LogP contribution in [-0.4, -0.2) is 15.7 Å². The molecular weight excluding hydrogens is 226 g/mol. The number of aromatic nitrogens is 2. The Bertz CT molecular complexity index is 539. The largest absolute Gasteiger partial charge is 0.370 e. The number of hydrogen-bond donors (Lipinski definition) is 2. The zero-order chi connectivity index (χ0) is 13.0.